The lowest BCUT2D eigenvalue weighted by molar-refractivity contribution is 0.0950. The van der Waals surface area contributed by atoms with Crippen molar-refractivity contribution in [3.8, 4) is 0 Å². The molecule has 0 radical (unpaired) electrons. The van der Waals surface area contributed by atoms with Crippen LogP contribution in [-0.4, -0.2) is 25.3 Å². The highest BCUT2D eigenvalue weighted by Gasteiger charge is 2.10. The fourth-order valence-corrected chi connectivity index (χ4v) is 2.98. The Hall–Kier alpha value is -3.28. The summed E-state index contributed by atoms with van der Waals surface area (Å²) in [5, 5.41) is 2.96. The minimum absolute atomic E-state index is 0.144. The number of carbonyl (C=O) groups excluding carboxylic acids is 1. The molecule has 0 aliphatic heterocycles. The quantitative estimate of drug-likeness (QED) is 0.619. The lowest BCUT2D eigenvalue weighted by Crippen LogP contribution is -2.23. The number of aryl methyl sites for hydroxylation is 3. The first-order chi connectivity index (χ1) is 12.5. The molecule has 0 aliphatic carbocycles. The summed E-state index contributed by atoms with van der Waals surface area (Å²) in [6.07, 6.45) is 3.74. The van der Waals surface area contributed by atoms with Crippen LogP contribution in [0.4, 0.5) is 0 Å². The lowest BCUT2D eigenvalue weighted by Gasteiger charge is -2.07. The Kier molecular flexibility index (Phi) is 3.88. The molecule has 6 nitrogen and oxygen atoms in total. The maximum Gasteiger partial charge on any atom is 0.251 e. The van der Waals surface area contributed by atoms with Crippen molar-refractivity contribution in [1.82, 2.24) is 24.7 Å². The molecule has 0 bridgehead atoms. The molecule has 0 atom stereocenters. The van der Waals surface area contributed by atoms with Crippen molar-refractivity contribution in [3.05, 3.63) is 70.9 Å². The van der Waals surface area contributed by atoms with Gasteiger partial charge in [0.05, 0.1) is 40.9 Å². The van der Waals surface area contributed by atoms with Crippen LogP contribution in [0.2, 0.25) is 0 Å². The second kappa shape index (κ2) is 6.22. The molecule has 3 heterocycles. The zero-order valence-corrected chi connectivity index (χ0v) is 14.9. The van der Waals surface area contributed by atoms with Crippen molar-refractivity contribution in [2.24, 2.45) is 0 Å². The van der Waals surface area contributed by atoms with E-state index in [9.17, 15) is 4.79 Å². The van der Waals surface area contributed by atoms with Crippen LogP contribution in [0.5, 0.6) is 0 Å². The number of nitrogens with zero attached hydrogens (tertiary/aromatic N) is 4. The summed E-state index contributed by atoms with van der Waals surface area (Å²) in [5.41, 5.74) is 6.80. The standard InChI is InChI=1S/C20H19N5O/c1-12-5-4-8-25-16(10-21-19(12)25)11-22-20(26)15-6-7-17-18(9-15)24-14(3)13(2)23-17/h4-10H,11H2,1-3H3,(H,22,26). The van der Waals surface area contributed by atoms with Gasteiger partial charge in [-0.15, -0.1) is 0 Å². The predicted molar refractivity (Wildman–Crippen MR) is 100 cm³/mol. The topological polar surface area (TPSA) is 72.2 Å². The van der Waals surface area contributed by atoms with Gasteiger partial charge >= 0.3 is 0 Å². The van der Waals surface area contributed by atoms with Crippen molar-refractivity contribution in [2.75, 3.05) is 0 Å². The molecular formula is C20H19N5O. The fourth-order valence-electron chi connectivity index (χ4n) is 2.98. The van der Waals surface area contributed by atoms with Crippen LogP contribution in [0.15, 0.2) is 42.7 Å². The van der Waals surface area contributed by atoms with Crippen LogP contribution >= 0.6 is 0 Å². The monoisotopic (exact) mass is 345 g/mol. The van der Waals surface area contributed by atoms with Crippen LogP contribution in [-0.2, 0) is 6.54 Å². The van der Waals surface area contributed by atoms with Gasteiger partial charge in [0.2, 0.25) is 0 Å². The Morgan fingerprint density at radius 1 is 1.08 bits per heavy atom. The second-order valence-corrected chi connectivity index (χ2v) is 6.41. The number of fused-ring (bicyclic) bond motifs is 2. The molecule has 4 rings (SSSR count). The Morgan fingerprint density at radius 2 is 1.85 bits per heavy atom. The lowest BCUT2D eigenvalue weighted by atomic mass is 10.1. The summed E-state index contributed by atoms with van der Waals surface area (Å²) in [4.78, 5) is 26.0. The van der Waals surface area contributed by atoms with Crippen LogP contribution in [0.3, 0.4) is 0 Å². The van der Waals surface area contributed by atoms with E-state index >= 15 is 0 Å². The summed E-state index contributed by atoms with van der Waals surface area (Å²) in [7, 11) is 0. The largest absolute Gasteiger partial charge is 0.346 e. The van der Waals surface area contributed by atoms with Crippen LogP contribution < -0.4 is 5.32 Å². The van der Waals surface area contributed by atoms with E-state index in [0.717, 1.165) is 39.3 Å². The van der Waals surface area contributed by atoms with Crippen molar-refractivity contribution < 1.29 is 4.79 Å². The Labute approximate surface area is 150 Å². The number of benzene rings is 1. The van der Waals surface area contributed by atoms with Gasteiger partial charge in [0.15, 0.2) is 0 Å². The SMILES string of the molecule is Cc1nc2ccc(C(=O)NCc3cnc4c(C)cccn34)cc2nc1C. The number of pyridine rings is 1. The van der Waals surface area contributed by atoms with E-state index < -0.39 is 0 Å². The van der Waals surface area contributed by atoms with Crippen molar-refractivity contribution in [2.45, 2.75) is 27.3 Å². The molecule has 130 valence electrons. The zero-order chi connectivity index (χ0) is 18.3. The van der Waals surface area contributed by atoms with E-state index in [4.69, 9.17) is 0 Å². The van der Waals surface area contributed by atoms with Gasteiger partial charge in [-0.05, 0) is 50.6 Å². The summed E-state index contributed by atoms with van der Waals surface area (Å²) in [5.74, 6) is -0.144. The van der Waals surface area contributed by atoms with Crippen molar-refractivity contribution in [3.63, 3.8) is 0 Å². The van der Waals surface area contributed by atoms with E-state index in [1.807, 2.05) is 49.6 Å². The molecule has 0 unspecified atom stereocenters. The van der Waals surface area contributed by atoms with Crippen molar-refractivity contribution >= 4 is 22.6 Å². The summed E-state index contributed by atoms with van der Waals surface area (Å²) < 4.78 is 1.99. The number of carbonyl (C=O) groups is 1. The van der Waals surface area contributed by atoms with Crippen molar-refractivity contribution in [1.29, 1.82) is 0 Å². The van der Waals surface area contributed by atoms with Crippen LogP contribution in [0.1, 0.15) is 33.0 Å². The summed E-state index contributed by atoms with van der Waals surface area (Å²) in [6, 6.07) is 9.38. The molecule has 0 fully saturated rings. The fraction of sp³-hybridized carbons (Fsp3) is 0.200. The highest BCUT2D eigenvalue weighted by atomic mass is 16.1. The molecule has 6 heteroatoms. The average Bonchev–Trinajstić information content (AvgIpc) is 3.05. The molecule has 0 aliphatic rings. The number of hydrogen-bond acceptors (Lipinski definition) is 4. The second-order valence-electron chi connectivity index (χ2n) is 6.41. The number of hydrogen-bond donors (Lipinski definition) is 1. The molecule has 3 aromatic heterocycles. The van der Waals surface area contributed by atoms with E-state index in [-0.39, 0.29) is 5.91 Å². The molecule has 0 saturated carbocycles. The number of rotatable bonds is 3. The molecule has 26 heavy (non-hydrogen) atoms. The third kappa shape index (κ3) is 2.79. The van der Waals surface area contributed by atoms with E-state index in [1.165, 1.54) is 0 Å². The van der Waals surface area contributed by atoms with E-state index in [0.29, 0.717) is 12.1 Å². The molecule has 1 N–H and O–H groups in total. The van der Waals surface area contributed by atoms with Gasteiger partial charge < -0.3 is 9.72 Å². The number of amides is 1. The van der Waals surface area contributed by atoms with Crippen LogP contribution in [0, 0.1) is 20.8 Å². The first-order valence-electron chi connectivity index (χ1n) is 8.47. The highest BCUT2D eigenvalue weighted by molar-refractivity contribution is 5.97. The number of imidazole rings is 1. The first kappa shape index (κ1) is 16.2. The zero-order valence-electron chi connectivity index (χ0n) is 14.9. The third-order valence-electron chi connectivity index (χ3n) is 4.58. The summed E-state index contributed by atoms with van der Waals surface area (Å²) in [6.45, 7) is 6.27. The van der Waals surface area contributed by atoms with Gasteiger partial charge in [-0.2, -0.15) is 0 Å². The first-order valence-corrected chi connectivity index (χ1v) is 8.47. The highest BCUT2D eigenvalue weighted by Crippen LogP contribution is 2.15. The average molecular weight is 345 g/mol. The third-order valence-corrected chi connectivity index (χ3v) is 4.58. The van der Waals surface area contributed by atoms with Crippen LogP contribution in [0.25, 0.3) is 16.7 Å². The maximum atomic E-state index is 12.5. The predicted octanol–water partition coefficient (Wildman–Crippen LogP) is 3.13. The summed E-state index contributed by atoms with van der Waals surface area (Å²) >= 11 is 0. The van der Waals surface area contributed by atoms with Gasteiger partial charge in [0.1, 0.15) is 5.65 Å². The van der Waals surface area contributed by atoms with Gasteiger partial charge in [0.25, 0.3) is 5.91 Å². The molecule has 1 amide bonds. The van der Waals surface area contributed by atoms with Gasteiger partial charge in [-0.1, -0.05) is 6.07 Å². The molecule has 4 aromatic rings. The number of nitrogens with one attached hydrogen (secondary N) is 1. The Bertz CT molecular complexity index is 1150. The molecule has 1 aromatic carbocycles. The smallest absolute Gasteiger partial charge is 0.251 e. The van der Waals surface area contributed by atoms with Gasteiger partial charge in [-0.3, -0.25) is 4.79 Å². The molecule has 0 saturated heterocycles. The minimum Gasteiger partial charge on any atom is -0.346 e. The normalized spacial score (nSPS) is 11.2. The van der Waals surface area contributed by atoms with E-state index in [1.54, 1.807) is 18.3 Å². The Morgan fingerprint density at radius 3 is 2.65 bits per heavy atom. The molecule has 0 spiro atoms. The minimum atomic E-state index is -0.144. The van der Waals surface area contributed by atoms with Gasteiger partial charge in [0, 0.05) is 11.8 Å². The maximum absolute atomic E-state index is 12.5. The Balaban J connectivity index is 1.57. The van der Waals surface area contributed by atoms with E-state index in [2.05, 4.69) is 20.3 Å². The number of aromatic nitrogens is 4. The molecular weight excluding hydrogens is 326 g/mol. The van der Waals surface area contributed by atoms with Gasteiger partial charge in [-0.25, -0.2) is 15.0 Å².